The van der Waals surface area contributed by atoms with Gasteiger partial charge in [0.15, 0.2) is 0 Å². The third kappa shape index (κ3) is 3.33. The summed E-state index contributed by atoms with van der Waals surface area (Å²) in [5.74, 6) is 1.17. The van der Waals surface area contributed by atoms with Gasteiger partial charge in [0.2, 0.25) is 5.91 Å². The van der Waals surface area contributed by atoms with Crippen LogP contribution in [0.4, 0.5) is 0 Å². The van der Waals surface area contributed by atoms with E-state index in [1.165, 1.54) is 0 Å². The molecule has 3 rings (SSSR count). The van der Waals surface area contributed by atoms with E-state index in [1.54, 1.807) is 6.07 Å². The van der Waals surface area contributed by atoms with Crippen molar-refractivity contribution in [1.82, 2.24) is 19.8 Å². The van der Waals surface area contributed by atoms with Gasteiger partial charge in [-0.3, -0.25) is 9.59 Å². The second-order valence-electron chi connectivity index (χ2n) is 6.84. The van der Waals surface area contributed by atoms with Crippen molar-refractivity contribution in [3.8, 4) is 0 Å². The van der Waals surface area contributed by atoms with Crippen molar-refractivity contribution in [1.29, 1.82) is 0 Å². The first-order valence-corrected chi connectivity index (χ1v) is 8.38. The highest BCUT2D eigenvalue weighted by Gasteiger charge is 2.33. The highest BCUT2D eigenvalue weighted by molar-refractivity contribution is 5.78. The number of likely N-dealkylation sites (tertiary alicyclic amines) is 1. The van der Waals surface area contributed by atoms with Crippen LogP contribution >= 0.6 is 0 Å². The minimum atomic E-state index is -0.148. The molecule has 2 heterocycles. The number of carbonyl (C=O) groups is 1. The Morgan fingerprint density at radius 2 is 2.08 bits per heavy atom. The zero-order chi connectivity index (χ0) is 17.3. The molecular weight excluding hydrogens is 304 g/mol. The summed E-state index contributed by atoms with van der Waals surface area (Å²) in [7, 11) is 4.11. The summed E-state index contributed by atoms with van der Waals surface area (Å²) in [6, 6.07) is 7.66. The molecule has 1 aliphatic rings. The van der Waals surface area contributed by atoms with Gasteiger partial charge in [-0.2, -0.15) is 0 Å². The van der Waals surface area contributed by atoms with Crippen molar-refractivity contribution >= 4 is 16.8 Å². The van der Waals surface area contributed by atoms with Gasteiger partial charge in [0, 0.05) is 32.0 Å². The topological polar surface area (TPSA) is 69.3 Å². The highest BCUT2D eigenvalue weighted by Crippen LogP contribution is 2.20. The quantitative estimate of drug-likeness (QED) is 0.917. The number of benzene rings is 1. The van der Waals surface area contributed by atoms with Gasteiger partial charge in [0.05, 0.1) is 10.9 Å². The predicted molar refractivity (Wildman–Crippen MR) is 93.9 cm³/mol. The van der Waals surface area contributed by atoms with Gasteiger partial charge in [-0.15, -0.1) is 0 Å². The molecule has 2 aromatic rings. The Morgan fingerprint density at radius 1 is 1.33 bits per heavy atom. The molecule has 0 bridgehead atoms. The van der Waals surface area contributed by atoms with E-state index in [4.69, 9.17) is 0 Å². The van der Waals surface area contributed by atoms with Crippen molar-refractivity contribution < 1.29 is 4.79 Å². The van der Waals surface area contributed by atoms with Crippen molar-refractivity contribution in [3.05, 3.63) is 40.4 Å². The average molecular weight is 328 g/mol. The maximum Gasteiger partial charge on any atom is 0.258 e. The monoisotopic (exact) mass is 328 g/mol. The summed E-state index contributed by atoms with van der Waals surface area (Å²) < 4.78 is 0. The summed E-state index contributed by atoms with van der Waals surface area (Å²) in [5, 5.41) is 0.578. The van der Waals surface area contributed by atoms with Crippen molar-refractivity contribution in [2.24, 2.45) is 5.92 Å². The van der Waals surface area contributed by atoms with Crippen LogP contribution in [0.15, 0.2) is 29.1 Å². The molecule has 2 unspecified atom stereocenters. The standard InChI is InChI=1S/C18H24N4O2/c1-12-10-22(11-15(12)21(2)3)17(23)9-8-16-19-14-7-5-4-6-13(14)18(24)20-16/h4-7,12,15H,8-11H2,1-3H3,(H,19,20,24). The van der Waals surface area contributed by atoms with E-state index in [0.717, 1.165) is 13.1 Å². The first-order chi connectivity index (χ1) is 11.5. The van der Waals surface area contributed by atoms with Crippen LogP contribution in [0.1, 0.15) is 19.2 Å². The maximum absolute atomic E-state index is 12.5. The summed E-state index contributed by atoms with van der Waals surface area (Å²) in [6.07, 6.45) is 0.824. The fourth-order valence-corrected chi connectivity index (χ4v) is 3.46. The summed E-state index contributed by atoms with van der Waals surface area (Å²) in [5.41, 5.74) is 0.525. The second-order valence-corrected chi connectivity index (χ2v) is 6.84. The molecule has 1 amide bonds. The lowest BCUT2D eigenvalue weighted by Crippen LogP contribution is -2.35. The Bertz CT molecular complexity index is 799. The molecule has 1 aromatic heterocycles. The lowest BCUT2D eigenvalue weighted by Gasteiger charge is -2.22. The molecule has 1 fully saturated rings. The van der Waals surface area contributed by atoms with Crippen molar-refractivity contribution in [2.45, 2.75) is 25.8 Å². The van der Waals surface area contributed by atoms with Gasteiger partial charge in [-0.25, -0.2) is 4.98 Å². The predicted octanol–water partition coefficient (Wildman–Crippen LogP) is 1.26. The van der Waals surface area contributed by atoms with E-state index in [9.17, 15) is 9.59 Å². The van der Waals surface area contributed by atoms with Gasteiger partial charge in [0.25, 0.3) is 5.56 Å². The SMILES string of the molecule is CC1CN(C(=O)CCc2nc3ccccc3c(=O)[nH]2)CC1N(C)C. The molecule has 1 N–H and O–H groups in total. The van der Waals surface area contributed by atoms with E-state index >= 15 is 0 Å². The Balaban J connectivity index is 1.66. The molecule has 24 heavy (non-hydrogen) atoms. The number of hydrogen-bond donors (Lipinski definition) is 1. The molecule has 6 heteroatoms. The number of H-pyrrole nitrogens is 1. The molecular formula is C18H24N4O2. The number of nitrogens with one attached hydrogen (secondary N) is 1. The molecule has 1 saturated heterocycles. The summed E-state index contributed by atoms with van der Waals surface area (Å²) >= 11 is 0. The lowest BCUT2D eigenvalue weighted by molar-refractivity contribution is -0.130. The molecule has 0 radical (unpaired) electrons. The summed E-state index contributed by atoms with van der Waals surface area (Å²) in [4.78, 5) is 35.9. The number of para-hydroxylation sites is 1. The molecule has 2 atom stereocenters. The average Bonchev–Trinajstić information content (AvgIpc) is 2.95. The van der Waals surface area contributed by atoms with Crippen LogP contribution in [0, 0.1) is 5.92 Å². The molecule has 0 saturated carbocycles. The highest BCUT2D eigenvalue weighted by atomic mass is 16.2. The number of aromatic amines is 1. The van der Waals surface area contributed by atoms with E-state index in [1.807, 2.05) is 23.1 Å². The Morgan fingerprint density at radius 3 is 2.79 bits per heavy atom. The molecule has 128 valence electrons. The number of nitrogens with zero attached hydrogens (tertiary/aromatic N) is 3. The Hall–Kier alpha value is -2.21. The molecule has 0 spiro atoms. The molecule has 0 aliphatic carbocycles. The van der Waals surface area contributed by atoms with E-state index in [0.29, 0.717) is 41.5 Å². The number of fused-ring (bicyclic) bond motifs is 1. The molecule has 6 nitrogen and oxygen atoms in total. The van der Waals surface area contributed by atoms with Crippen molar-refractivity contribution in [3.63, 3.8) is 0 Å². The number of rotatable bonds is 4. The van der Waals surface area contributed by atoms with Crippen LogP contribution in [0.3, 0.4) is 0 Å². The Labute approximate surface area is 141 Å². The number of carbonyl (C=O) groups excluding carboxylic acids is 1. The smallest absolute Gasteiger partial charge is 0.258 e. The van der Waals surface area contributed by atoms with Crippen LogP contribution in [0.25, 0.3) is 10.9 Å². The summed E-state index contributed by atoms with van der Waals surface area (Å²) in [6.45, 7) is 3.75. The van der Waals surface area contributed by atoms with Crippen LogP contribution < -0.4 is 5.56 Å². The fraction of sp³-hybridized carbons (Fsp3) is 0.500. The van der Waals surface area contributed by atoms with Crippen molar-refractivity contribution in [2.75, 3.05) is 27.2 Å². The number of hydrogen-bond acceptors (Lipinski definition) is 4. The van der Waals surface area contributed by atoms with Gasteiger partial charge in [-0.1, -0.05) is 19.1 Å². The normalized spacial score (nSPS) is 20.9. The number of aromatic nitrogens is 2. The van der Waals surface area contributed by atoms with E-state index in [2.05, 4.69) is 35.9 Å². The third-order valence-electron chi connectivity index (χ3n) is 4.83. The number of likely N-dealkylation sites (N-methyl/N-ethyl adjacent to an activating group) is 1. The zero-order valence-corrected chi connectivity index (χ0v) is 14.5. The lowest BCUT2D eigenvalue weighted by atomic mass is 10.1. The van der Waals surface area contributed by atoms with Crippen LogP contribution in [0.2, 0.25) is 0 Å². The second kappa shape index (κ2) is 6.73. The van der Waals surface area contributed by atoms with E-state index in [-0.39, 0.29) is 11.5 Å². The van der Waals surface area contributed by atoms with Crippen LogP contribution in [-0.4, -0.2) is 58.9 Å². The first-order valence-electron chi connectivity index (χ1n) is 8.38. The number of aryl methyl sites for hydroxylation is 1. The zero-order valence-electron chi connectivity index (χ0n) is 14.5. The van der Waals surface area contributed by atoms with E-state index < -0.39 is 0 Å². The van der Waals surface area contributed by atoms with Gasteiger partial charge in [-0.05, 0) is 32.1 Å². The molecule has 1 aromatic carbocycles. The fourth-order valence-electron chi connectivity index (χ4n) is 3.46. The minimum Gasteiger partial charge on any atom is -0.341 e. The van der Waals surface area contributed by atoms with Crippen LogP contribution in [-0.2, 0) is 11.2 Å². The largest absolute Gasteiger partial charge is 0.341 e. The van der Waals surface area contributed by atoms with Gasteiger partial charge < -0.3 is 14.8 Å². The number of amides is 1. The third-order valence-corrected chi connectivity index (χ3v) is 4.83. The molecule has 1 aliphatic heterocycles. The Kier molecular flexibility index (Phi) is 4.66. The minimum absolute atomic E-state index is 0.127. The van der Waals surface area contributed by atoms with Crippen LogP contribution in [0.5, 0.6) is 0 Å². The van der Waals surface area contributed by atoms with Gasteiger partial charge >= 0.3 is 0 Å². The maximum atomic E-state index is 12.5. The van der Waals surface area contributed by atoms with Gasteiger partial charge in [0.1, 0.15) is 5.82 Å². The first kappa shape index (κ1) is 16.6.